The summed E-state index contributed by atoms with van der Waals surface area (Å²) >= 11 is 0. The molecule has 0 unspecified atom stereocenters. The Morgan fingerprint density at radius 1 is 1.35 bits per heavy atom. The predicted molar refractivity (Wildman–Crippen MR) is 59.7 cm³/mol. The first-order valence-corrected chi connectivity index (χ1v) is 6.45. The van der Waals surface area contributed by atoms with Crippen molar-refractivity contribution in [3.63, 3.8) is 0 Å². The number of benzene rings is 1. The molecular weight excluding hydrogens is 247 g/mol. The van der Waals surface area contributed by atoms with E-state index in [-0.39, 0.29) is 23.4 Å². The van der Waals surface area contributed by atoms with E-state index in [1.165, 1.54) is 18.2 Å². The van der Waals surface area contributed by atoms with E-state index in [0.29, 0.717) is 9.99 Å². The molecule has 0 bridgehead atoms. The Morgan fingerprint density at radius 2 is 2.06 bits per heavy atom. The number of nitrogens with two attached hydrogens (primary N) is 1. The maximum absolute atomic E-state index is 12.1. The van der Waals surface area contributed by atoms with Crippen molar-refractivity contribution < 1.29 is 17.6 Å². The lowest BCUT2D eigenvalue weighted by atomic mass is 10.2. The van der Waals surface area contributed by atoms with E-state index < -0.39 is 22.6 Å². The number of carbonyl (C=O) groups is 1. The first kappa shape index (κ1) is 11.8. The number of amides is 1. The fourth-order valence-electron chi connectivity index (χ4n) is 1.73. The zero-order valence-electron chi connectivity index (χ0n) is 8.89. The van der Waals surface area contributed by atoms with Gasteiger partial charge in [-0.1, -0.05) is 0 Å². The van der Waals surface area contributed by atoms with Crippen LogP contribution in [0.1, 0.15) is 16.8 Å². The molecule has 0 spiro atoms. The maximum Gasteiger partial charge on any atom is 0.269 e. The Hall–Kier alpha value is -1.63. The molecule has 0 radical (unpaired) electrons. The van der Waals surface area contributed by atoms with Crippen molar-refractivity contribution in [1.29, 1.82) is 0 Å². The lowest BCUT2D eigenvalue weighted by molar-refractivity contribution is 0.0868. The lowest BCUT2D eigenvalue weighted by Gasteiger charge is -2.13. The number of rotatable bonds is 3. The third-order valence-corrected chi connectivity index (χ3v) is 4.36. The van der Waals surface area contributed by atoms with Crippen LogP contribution in [0.25, 0.3) is 0 Å². The zero-order chi connectivity index (χ0) is 12.6. The molecule has 1 amide bonds. The molecule has 0 fully saturated rings. The minimum absolute atomic E-state index is 0.00552. The highest BCUT2D eigenvalue weighted by Crippen LogP contribution is 2.31. The molecule has 17 heavy (non-hydrogen) atoms. The van der Waals surface area contributed by atoms with E-state index in [1.54, 1.807) is 0 Å². The van der Waals surface area contributed by atoms with Crippen LogP contribution in [0, 0.1) is 0 Å². The second-order valence-electron chi connectivity index (χ2n) is 3.68. The molecule has 1 aromatic carbocycles. The second kappa shape index (κ2) is 3.99. The fourth-order valence-corrected chi connectivity index (χ4v) is 3.31. The molecule has 5 nitrogen and oxygen atoms in total. The molecule has 0 atom stereocenters. The summed E-state index contributed by atoms with van der Waals surface area (Å²) in [5.74, 6) is -0.638. The molecule has 0 saturated heterocycles. The standard InChI is InChI=1S/C10H11FN2O3S/c11-4-1-5-13-10(14)8-6-7(12)2-3-9(8)17(13,15)16/h2-3,6H,1,4-5,12H2. The Labute approximate surface area is 98.1 Å². The van der Waals surface area contributed by atoms with E-state index in [9.17, 15) is 17.6 Å². The van der Waals surface area contributed by atoms with Crippen molar-refractivity contribution in [2.24, 2.45) is 0 Å². The molecule has 1 heterocycles. The quantitative estimate of drug-likeness (QED) is 0.812. The molecule has 1 aromatic rings. The van der Waals surface area contributed by atoms with Crippen LogP contribution in [0.4, 0.5) is 10.1 Å². The first-order valence-electron chi connectivity index (χ1n) is 5.01. The van der Waals surface area contributed by atoms with Gasteiger partial charge in [0.2, 0.25) is 0 Å². The second-order valence-corrected chi connectivity index (χ2v) is 5.51. The number of anilines is 1. The molecule has 2 rings (SSSR count). The van der Waals surface area contributed by atoms with Gasteiger partial charge in [0.15, 0.2) is 0 Å². The summed E-state index contributed by atoms with van der Waals surface area (Å²) in [5.41, 5.74) is 5.88. The van der Waals surface area contributed by atoms with Crippen molar-refractivity contribution in [2.75, 3.05) is 19.0 Å². The summed E-state index contributed by atoms with van der Waals surface area (Å²) in [6.45, 7) is -0.815. The minimum Gasteiger partial charge on any atom is -0.399 e. The number of nitrogens with zero attached hydrogens (tertiary/aromatic N) is 1. The van der Waals surface area contributed by atoms with Gasteiger partial charge in [-0.15, -0.1) is 0 Å². The van der Waals surface area contributed by atoms with Crippen LogP contribution in [0.3, 0.4) is 0 Å². The van der Waals surface area contributed by atoms with Crippen LogP contribution in [0.2, 0.25) is 0 Å². The largest absolute Gasteiger partial charge is 0.399 e. The van der Waals surface area contributed by atoms with Crippen molar-refractivity contribution in [2.45, 2.75) is 11.3 Å². The van der Waals surface area contributed by atoms with E-state index in [1.807, 2.05) is 0 Å². The van der Waals surface area contributed by atoms with E-state index in [0.717, 1.165) is 0 Å². The molecule has 92 valence electrons. The highest BCUT2D eigenvalue weighted by molar-refractivity contribution is 7.90. The highest BCUT2D eigenvalue weighted by Gasteiger charge is 2.40. The summed E-state index contributed by atoms with van der Waals surface area (Å²) < 4.78 is 36.7. The van der Waals surface area contributed by atoms with Crippen LogP contribution >= 0.6 is 0 Å². The third kappa shape index (κ3) is 1.76. The number of sulfonamides is 1. The average molecular weight is 258 g/mol. The fraction of sp³-hybridized carbons (Fsp3) is 0.300. The van der Waals surface area contributed by atoms with Gasteiger partial charge in [-0.2, -0.15) is 0 Å². The summed E-state index contributed by atoms with van der Waals surface area (Å²) in [6, 6.07) is 4.04. The maximum atomic E-state index is 12.1. The van der Waals surface area contributed by atoms with Crippen molar-refractivity contribution in [3.05, 3.63) is 23.8 Å². The molecule has 1 aliphatic rings. The predicted octanol–water partition coefficient (Wildman–Crippen LogP) is 0.773. The van der Waals surface area contributed by atoms with Crippen LogP contribution in [0.15, 0.2) is 23.1 Å². The topological polar surface area (TPSA) is 80.5 Å². The van der Waals surface area contributed by atoms with Gasteiger partial charge >= 0.3 is 0 Å². The highest BCUT2D eigenvalue weighted by atomic mass is 32.2. The van der Waals surface area contributed by atoms with Gasteiger partial charge in [0, 0.05) is 12.2 Å². The van der Waals surface area contributed by atoms with Gasteiger partial charge in [-0.25, -0.2) is 12.7 Å². The Kier molecular flexibility index (Phi) is 2.78. The number of fused-ring (bicyclic) bond motifs is 1. The minimum atomic E-state index is -3.82. The normalized spacial score (nSPS) is 17.2. The molecule has 2 N–H and O–H groups in total. The average Bonchev–Trinajstić information content (AvgIpc) is 2.45. The number of alkyl halides is 1. The van der Waals surface area contributed by atoms with Gasteiger partial charge < -0.3 is 5.73 Å². The van der Waals surface area contributed by atoms with E-state index >= 15 is 0 Å². The van der Waals surface area contributed by atoms with Gasteiger partial charge in [-0.05, 0) is 24.6 Å². The third-order valence-electron chi connectivity index (χ3n) is 2.52. The molecule has 0 aromatic heterocycles. The molecular formula is C10H11FN2O3S. The van der Waals surface area contributed by atoms with Gasteiger partial charge in [0.05, 0.1) is 12.2 Å². The van der Waals surface area contributed by atoms with Crippen molar-refractivity contribution >= 4 is 21.6 Å². The van der Waals surface area contributed by atoms with Gasteiger partial charge in [0.25, 0.3) is 15.9 Å². The van der Waals surface area contributed by atoms with Gasteiger partial charge in [0.1, 0.15) is 4.90 Å². The number of nitrogen functional groups attached to an aromatic ring is 1. The van der Waals surface area contributed by atoms with Crippen LogP contribution < -0.4 is 5.73 Å². The molecule has 0 saturated carbocycles. The SMILES string of the molecule is Nc1ccc2c(c1)C(=O)N(CCCF)S2(=O)=O. The molecule has 0 aliphatic carbocycles. The molecule has 7 heteroatoms. The lowest BCUT2D eigenvalue weighted by Crippen LogP contribution is -2.31. The van der Waals surface area contributed by atoms with Crippen LogP contribution in [-0.2, 0) is 10.0 Å². The Bertz CT molecular complexity index is 571. The van der Waals surface area contributed by atoms with Crippen LogP contribution in [0.5, 0.6) is 0 Å². The monoisotopic (exact) mass is 258 g/mol. The number of halogens is 1. The summed E-state index contributed by atoms with van der Waals surface area (Å²) in [7, 11) is -3.82. The number of carbonyl (C=O) groups excluding carboxylic acids is 1. The van der Waals surface area contributed by atoms with E-state index in [4.69, 9.17) is 5.73 Å². The summed E-state index contributed by atoms with van der Waals surface area (Å²) in [5, 5.41) is 0. The zero-order valence-corrected chi connectivity index (χ0v) is 9.71. The Morgan fingerprint density at radius 3 is 2.71 bits per heavy atom. The summed E-state index contributed by atoms with van der Waals surface area (Å²) in [4.78, 5) is 11.8. The van der Waals surface area contributed by atoms with Crippen molar-refractivity contribution in [1.82, 2.24) is 4.31 Å². The first-order chi connectivity index (χ1) is 7.98. The Balaban J connectivity index is 2.49. The van der Waals surface area contributed by atoms with E-state index in [2.05, 4.69) is 0 Å². The van der Waals surface area contributed by atoms with Crippen LogP contribution in [-0.4, -0.2) is 31.8 Å². The number of hydrogen-bond donors (Lipinski definition) is 1. The summed E-state index contributed by atoms with van der Waals surface area (Å²) in [6.07, 6.45) is -0.00552. The van der Waals surface area contributed by atoms with Crippen molar-refractivity contribution in [3.8, 4) is 0 Å². The van der Waals surface area contributed by atoms with Gasteiger partial charge in [-0.3, -0.25) is 9.18 Å². The smallest absolute Gasteiger partial charge is 0.269 e. The molecule has 1 aliphatic heterocycles. The number of hydrogen-bond acceptors (Lipinski definition) is 4.